The Balaban J connectivity index is 2.06. The molecule has 1 aromatic heterocycles. The molecule has 1 aromatic rings. The van der Waals surface area contributed by atoms with Gasteiger partial charge in [-0.2, -0.15) is 0 Å². The fourth-order valence-electron chi connectivity index (χ4n) is 2.26. The number of anilines is 2. The summed E-state index contributed by atoms with van der Waals surface area (Å²) < 4.78 is 5.68. The number of aromatic nitrogens is 2. The number of nitrogens with zero attached hydrogens (tertiary/aromatic N) is 2. The molecule has 0 saturated heterocycles. The number of ether oxygens (including phenoxy) is 1. The summed E-state index contributed by atoms with van der Waals surface area (Å²) >= 11 is 6.07. The van der Waals surface area contributed by atoms with Crippen LogP contribution in [0.5, 0.6) is 0 Å². The molecule has 1 saturated carbocycles. The van der Waals surface area contributed by atoms with Gasteiger partial charge in [0.1, 0.15) is 17.2 Å². The summed E-state index contributed by atoms with van der Waals surface area (Å²) in [7, 11) is 0. The maximum absolute atomic E-state index is 6.07. The predicted octanol–water partition coefficient (Wildman–Crippen LogP) is 2.33. The Bertz CT molecular complexity index is 438. The minimum absolute atomic E-state index is 0.0546. The molecule has 18 heavy (non-hydrogen) atoms. The highest BCUT2D eigenvalue weighted by Gasteiger charge is 2.49. The maximum atomic E-state index is 6.07. The number of nitrogen functional groups attached to an aromatic ring is 1. The summed E-state index contributed by atoms with van der Waals surface area (Å²) in [6, 6.07) is 0.279. The lowest BCUT2D eigenvalue weighted by Crippen LogP contribution is -2.58. The third kappa shape index (κ3) is 2.24. The quantitative estimate of drug-likeness (QED) is 0.878. The van der Waals surface area contributed by atoms with Crippen LogP contribution in [0.3, 0.4) is 0 Å². The Kier molecular flexibility index (Phi) is 3.64. The second-order valence-corrected chi connectivity index (χ2v) is 5.50. The van der Waals surface area contributed by atoms with Gasteiger partial charge in [-0.15, -0.1) is 0 Å². The van der Waals surface area contributed by atoms with Crippen molar-refractivity contribution in [2.24, 2.45) is 5.41 Å². The third-order valence-corrected chi connectivity index (χ3v) is 4.05. The minimum atomic E-state index is 0.0546. The summed E-state index contributed by atoms with van der Waals surface area (Å²) in [6.07, 6.45) is 2.63. The van der Waals surface area contributed by atoms with E-state index in [9.17, 15) is 0 Å². The smallest absolute Gasteiger partial charge is 0.150 e. The minimum Gasteiger partial charge on any atom is -0.382 e. The number of rotatable bonds is 4. The number of hydrogen-bond donors (Lipinski definition) is 2. The molecule has 0 spiro atoms. The second-order valence-electron chi connectivity index (χ2n) is 5.12. The average Bonchev–Trinajstić information content (AvgIpc) is 2.33. The van der Waals surface area contributed by atoms with E-state index in [0.29, 0.717) is 16.7 Å². The largest absolute Gasteiger partial charge is 0.382 e. The first-order chi connectivity index (χ1) is 8.46. The van der Waals surface area contributed by atoms with Crippen molar-refractivity contribution in [2.75, 3.05) is 17.7 Å². The van der Waals surface area contributed by atoms with Gasteiger partial charge in [-0.25, -0.2) is 9.97 Å². The first kappa shape index (κ1) is 13.4. The van der Waals surface area contributed by atoms with Crippen molar-refractivity contribution in [2.45, 2.75) is 39.3 Å². The molecule has 1 aliphatic carbocycles. The highest BCUT2D eigenvalue weighted by atomic mass is 35.5. The predicted molar refractivity (Wildman–Crippen MR) is 72.7 cm³/mol. The summed E-state index contributed by atoms with van der Waals surface area (Å²) in [5, 5.41) is 3.71. The highest BCUT2D eigenvalue weighted by molar-refractivity contribution is 6.35. The Morgan fingerprint density at radius 2 is 2.28 bits per heavy atom. The number of hydrogen-bond acceptors (Lipinski definition) is 5. The van der Waals surface area contributed by atoms with Crippen LogP contribution in [0.1, 0.15) is 27.2 Å². The Hall–Kier alpha value is -1.07. The van der Waals surface area contributed by atoms with Gasteiger partial charge in [0.05, 0.1) is 6.10 Å². The lowest BCUT2D eigenvalue weighted by molar-refractivity contribution is -0.0976. The van der Waals surface area contributed by atoms with Gasteiger partial charge in [0.2, 0.25) is 0 Å². The molecule has 2 rings (SSSR count). The van der Waals surface area contributed by atoms with E-state index < -0.39 is 0 Å². The topological polar surface area (TPSA) is 73.1 Å². The van der Waals surface area contributed by atoms with Crippen molar-refractivity contribution in [3.05, 3.63) is 11.3 Å². The fraction of sp³-hybridized carbons (Fsp3) is 0.667. The molecule has 0 aliphatic heterocycles. The Morgan fingerprint density at radius 3 is 2.89 bits per heavy atom. The molecule has 5 nitrogen and oxygen atoms in total. The number of nitrogens with one attached hydrogen (secondary N) is 1. The molecule has 1 fully saturated rings. The molecule has 6 heteroatoms. The zero-order chi connectivity index (χ0) is 13.3. The fourth-order valence-corrected chi connectivity index (χ4v) is 2.42. The summed E-state index contributed by atoms with van der Waals surface area (Å²) in [4.78, 5) is 7.96. The molecule has 0 amide bonds. The normalized spacial score (nSPS) is 25.6. The summed E-state index contributed by atoms with van der Waals surface area (Å²) in [6.45, 7) is 7.10. The van der Waals surface area contributed by atoms with Crippen LogP contribution in [0, 0.1) is 5.41 Å². The van der Waals surface area contributed by atoms with Crippen LogP contribution in [0.25, 0.3) is 0 Å². The summed E-state index contributed by atoms with van der Waals surface area (Å²) in [5.41, 5.74) is 5.71. The lowest BCUT2D eigenvalue weighted by Gasteiger charge is -2.51. The van der Waals surface area contributed by atoms with Crippen molar-refractivity contribution < 1.29 is 4.74 Å². The van der Waals surface area contributed by atoms with Crippen molar-refractivity contribution in [3.63, 3.8) is 0 Å². The van der Waals surface area contributed by atoms with E-state index in [4.69, 9.17) is 22.1 Å². The van der Waals surface area contributed by atoms with E-state index in [1.54, 1.807) is 0 Å². The zero-order valence-electron chi connectivity index (χ0n) is 10.9. The van der Waals surface area contributed by atoms with Gasteiger partial charge in [-0.1, -0.05) is 25.4 Å². The molecular weight excluding hydrogens is 252 g/mol. The lowest BCUT2D eigenvalue weighted by atomic mass is 9.64. The third-order valence-electron chi connectivity index (χ3n) is 3.67. The van der Waals surface area contributed by atoms with E-state index in [0.717, 1.165) is 13.0 Å². The molecule has 1 aliphatic rings. The molecule has 3 N–H and O–H groups in total. The van der Waals surface area contributed by atoms with Gasteiger partial charge in [0.15, 0.2) is 5.82 Å². The van der Waals surface area contributed by atoms with E-state index in [2.05, 4.69) is 29.1 Å². The van der Waals surface area contributed by atoms with E-state index in [-0.39, 0.29) is 17.6 Å². The van der Waals surface area contributed by atoms with Crippen LogP contribution in [0.4, 0.5) is 11.6 Å². The first-order valence-corrected chi connectivity index (χ1v) is 6.48. The van der Waals surface area contributed by atoms with Crippen LogP contribution < -0.4 is 11.1 Å². The number of halogens is 1. The standard InChI is InChI=1S/C12H19ClN4O/c1-4-18-8-5-7(12(8,2)3)17-11-9(13)10(14)15-6-16-11/h6-8H,4-5H2,1-3H3,(H3,14,15,16,17). The number of nitrogens with two attached hydrogens (primary N) is 1. The van der Waals surface area contributed by atoms with Crippen molar-refractivity contribution in [1.82, 2.24) is 9.97 Å². The van der Waals surface area contributed by atoms with Crippen LogP contribution in [0.15, 0.2) is 6.33 Å². The molecule has 2 atom stereocenters. The van der Waals surface area contributed by atoms with Crippen molar-refractivity contribution in [3.8, 4) is 0 Å². The van der Waals surface area contributed by atoms with Crippen LogP contribution in [-0.2, 0) is 4.74 Å². The Morgan fingerprint density at radius 1 is 1.56 bits per heavy atom. The van der Waals surface area contributed by atoms with Gasteiger partial charge in [0, 0.05) is 18.1 Å². The van der Waals surface area contributed by atoms with Gasteiger partial charge in [-0.05, 0) is 13.3 Å². The Labute approximate surface area is 112 Å². The van der Waals surface area contributed by atoms with Crippen molar-refractivity contribution >= 4 is 23.2 Å². The summed E-state index contributed by atoms with van der Waals surface area (Å²) in [5.74, 6) is 0.893. The average molecular weight is 271 g/mol. The van der Waals surface area contributed by atoms with Gasteiger partial charge < -0.3 is 15.8 Å². The monoisotopic (exact) mass is 270 g/mol. The highest BCUT2D eigenvalue weighted by Crippen LogP contribution is 2.44. The van der Waals surface area contributed by atoms with E-state index in [1.165, 1.54) is 6.33 Å². The molecule has 100 valence electrons. The van der Waals surface area contributed by atoms with Crippen LogP contribution in [0.2, 0.25) is 5.02 Å². The van der Waals surface area contributed by atoms with E-state index >= 15 is 0 Å². The molecule has 0 aromatic carbocycles. The maximum Gasteiger partial charge on any atom is 0.150 e. The van der Waals surface area contributed by atoms with Gasteiger partial charge in [0.25, 0.3) is 0 Å². The molecule has 2 unspecified atom stereocenters. The van der Waals surface area contributed by atoms with Gasteiger partial charge >= 0.3 is 0 Å². The second kappa shape index (κ2) is 4.90. The molecular formula is C12H19ClN4O. The molecule has 0 bridgehead atoms. The SMILES string of the molecule is CCOC1CC(Nc2ncnc(N)c2Cl)C1(C)C. The zero-order valence-corrected chi connectivity index (χ0v) is 11.7. The van der Waals surface area contributed by atoms with Gasteiger partial charge in [-0.3, -0.25) is 0 Å². The van der Waals surface area contributed by atoms with Crippen LogP contribution >= 0.6 is 11.6 Å². The molecule has 1 heterocycles. The molecule has 0 radical (unpaired) electrons. The first-order valence-electron chi connectivity index (χ1n) is 6.11. The van der Waals surface area contributed by atoms with Crippen molar-refractivity contribution in [1.29, 1.82) is 0 Å². The van der Waals surface area contributed by atoms with E-state index in [1.807, 2.05) is 6.92 Å². The van der Waals surface area contributed by atoms with Crippen LogP contribution in [-0.4, -0.2) is 28.7 Å².